The molecule has 6 heteroatoms. The van der Waals surface area contributed by atoms with Crippen molar-refractivity contribution in [1.29, 1.82) is 0 Å². The van der Waals surface area contributed by atoms with Gasteiger partial charge in [0.25, 0.3) is 0 Å². The van der Waals surface area contributed by atoms with Crippen LogP contribution in [0.25, 0.3) is 0 Å². The molecule has 23 heavy (non-hydrogen) atoms. The first kappa shape index (κ1) is 17.7. The largest absolute Gasteiger partial charge is 0.270 e. The summed E-state index contributed by atoms with van der Waals surface area (Å²) in [5.41, 5.74) is 3.06. The molecule has 0 aliphatic rings. The molecule has 0 spiro atoms. The van der Waals surface area contributed by atoms with Gasteiger partial charge in [0.15, 0.2) is 0 Å². The van der Waals surface area contributed by atoms with Crippen LogP contribution in [0.5, 0.6) is 0 Å². The smallest absolute Gasteiger partial charge is 0.240 e. The summed E-state index contributed by atoms with van der Waals surface area (Å²) in [6.45, 7) is 7.13. The van der Waals surface area contributed by atoms with Gasteiger partial charge in [-0.2, -0.15) is 5.10 Å². The first-order valence-electron chi connectivity index (χ1n) is 8.07. The standard InChI is InChI=1S/C17H25N3O2S/c1-4-6-7-15-8-10-17(11-9-15)23(21,22)19-13-16-12-18-20(5-2)14(16)3/h8-12,19H,4-7,13H2,1-3H3. The van der Waals surface area contributed by atoms with Crippen LogP contribution in [0.2, 0.25) is 0 Å². The molecular formula is C17H25N3O2S. The molecule has 0 saturated heterocycles. The van der Waals surface area contributed by atoms with Gasteiger partial charge in [-0.15, -0.1) is 0 Å². The van der Waals surface area contributed by atoms with E-state index in [1.165, 1.54) is 5.56 Å². The summed E-state index contributed by atoms with van der Waals surface area (Å²) < 4.78 is 29.3. The minimum atomic E-state index is -3.50. The number of nitrogens with one attached hydrogen (secondary N) is 1. The van der Waals surface area contributed by atoms with Crippen molar-refractivity contribution >= 4 is 10.0 Å². The third-order valence-electron chi connectivity index (χ3n) is 4.01. The van der Waals surface area contributed by atoms with E-state index in [2.05, 4.69) is 16.7 Å². The van der Waals surface area contributed by atoms with E-state index in [4.69, 9.17) is 0 Å². The van der Waals surface area contributed by atoms with Crippen LogP contribution >= 0.6 is 0 Å². The predicted molar refractivity (Wildman–Crippen MR) is 91.7 cm³/mol. The minimum absolute atomic E-state index is 0.256. The van der Waals surface area contributed by atoms with Crippen LogP contribution in [0.15, 0.2) is 35.4 Å². The van der Waals surface area contributed by atoms with Crippen LogP contribution in [0.3, 0.4) is 0 Å². The maximum Gasteiger partial charge on any atom is 0.240 e. The molecule has 0 fully saturated rings. The molecule has 0 saturated carbocycles. The normalized spacial score (nSPS) is 11.8. The summed E-state index contributed by atoms with van der Waals surface area (Å²) in [7, 11) is -3.50. The summed E-state index contributed by atoms with van der Waals surface area (Å²) in [6, 6.07) is 7.14. The number of hydrogen-bond acceptors (Lipinski definition) is 3. The van der Waals surface area contributed by atoms with Crippen LogP contribution in [-0.4, -0.2) is 18.2 Å². The lowest BCUT2D eigenvalue weighted by atomic mass is 10.1. The number of aryl methyl sites for hydroxylation is 2. The lowest BCUT2D eigenvalue weighted by Gasteiger charge is -2.08. The fourth-order valence-electron chi connectivity index (χ4n) is 2.45. The van der Waals surface area contributed by atoms with Crippen molar-refractivity contribution < 1.29 is 8.42 Å². The van der Waals surface area contributed by atoms with E-state index in [9.17, 15) is 8.42 Å². The van der Waals surface area contributed by atoms with Gasteiger partial charge in [-0.25, -0.2) is 13.1 Å². The highest BCUT2D eigenvalue weighted by Gasteiger charge is 2.15. The molecule has 0 aliphatic heterocycles. The summed E-state index contributed by atoms with van der Waals surface area (Å²) in [5.74, 6) is 0. The summed E-state index contributed by atoms with van der Waals surface area (Å²) in [4.78, 5) is 0.304. The minimum Gasteiger partial charge on any atom is -0.270 e. The zero-order valence-corrected chi connectivity index (χ0v) is 14.9. The van der Waals surface area contributed by atoms with Gasteiger partial charge in [-0.3, -0.25) is 4.68 Å². The van der Waals surface area contributed by atoms with Crippen LogP contribution < -0.4 is 4.72 Å². The Bertz CT molecular complexity index is 734. The zero-order valence-electron chi connectivity index (χ0n) is 14.0. The fraction of sp³-hybridized carbons (Fsp3) is 0.471. The average Bonchev–Trinajstić information content (AvgIpc) is 2.91. The average molecular weight is 335 g/mol. The van der Waals surface area contributed by atoms with E-state index in [-0.39, 0.29) is 6.54 Å². The third-order valence-corrected chi connectivity index (χ3v) is 5.43. The molecule has 2 aromatic rings. The van der Waals surface area contributed by atoms with E-state index < -0.39 is 10.0 Å². The first-order chi connectivity index (χ1) is 11.0. The van der Waals surface area contributed by atoms with E-state index in [0.717, 1.165) is 37.1 Å². The molecule has 5 nitrogen and oxygen atoms in total. The van der Waals surface area contributed by atoms with Gasteiger partial charge in [-0.1, -0.05) is 25.5 Å². The van der Waals surface area contributed by atoms with Crippen molar-refractivity contribution in [3.63, 3.8) is 0 Å². The highest BCUT2D eigenvalue weighted by atomic mass is 32.2. The van der Waals surface area contributed by atoms with Crippen molar-refractivity contribution in [3.8, 4) is 0 Å². The maximum atomic E-state index is 12.4. The van der Waals surface area contributed by atoms with Gasteiger partial charge in [0.2, 0.25) is 10.0 Å². The maximum absolute atomic E-state index is 12.4. The highest BCUT2D eigenvalue weighted by molar-refractivity contribution is 7.89. The first-order valence-corrected chi connectivity index (χ1v) is 9.56. The molecule has 0 atom stereocenters. The SMILES string of the molecule is CCCCc1ccc(S(=O)(=O)NCc2cnn(CC)c2C)cc1. The Labute approximate surface area is 138 Å². The predicted octanol–water partition coefficient (Wildman–Crippen LogP) is 3.03. The molecule has 2 rings (SSSR count). The van der Waals surface area contributed by atoms with Gasteiger partial charge in [0.1, 0.15) is 0 Å². The Morgan fingerprint density at radius 3 is 2.43 bits per heavy atom. The quantitative estimate of drug-likeness (QED) is 0.806. The van der Waals surface area contributed by atoms with Gasteiger partial charge >= 0.3 is 0 Å². The monoisotopic (exact) mass is 335 g/mol. The molecule has 0 aliphatic carbocycles. The van der Waals surface area contributed by atoms with E-state index in [0.29, 0.717) is 4.90 Å². The van der Waals surface area contributed by atoms with Gasteiger partial charge in [0, 0.05) is 24.3 Å². The number of benzene rings is 1. The van der Waals surface area contributed by atoms with Crippen LogP contribution in [0.4, 0.5) is 0 Å². The lowest BCUT2D eigenvalue weighted by molar-refractivity contribution is 0.581. The molecule has 0 radical (unpaired) electrons. The van der Waals surface area contributed by atoms with E-state index in [1.54, 1.807) is 18.3 Å². The second kappa shape index (κ2) is 7.75. The molecule has 0 unspecified atom stereocenters. The number of nitrogens with zero attached hydrogens (tertiary/aromatic N) is 2. The molecule has 1 heterocycles. The van der Waals surface area contributed by atoms with Crippen molar-refractivity contribution in [1.82, 2.24) is 14.5 Å². The second-order valence-corrected chi connectivity index (χ2v) is 7.41. The van der Waals surface area contributed by atoms with E-state index >= 15 is 0 Å². The van der Waals surface area contributed by atoms with Gasteiger partial charge < -0.3 is 0 Å². The number of aromatic nitrogens is 2. The van der Waals surface area contributed by atoms with Crippen LogP contribution in [0, 0.1) is 6.92 Å². The van der Waals surface area contributed by atoms with Crippen molar-refractivity contribution in [2.24, 2.45) is 0 Å². The molecular weight excluding hydrogens is 310 g/mol. The Morgan fingerprint density at radius 2 is 1.87 bits per heavy atom. The molecule has 126 valence electrons. The lowest BCUT2D eigenvalue weighted by Crippen LogP contribution is -2.23. The molecule has 1 aromatic heterocycles. The number of rotatable bonds is 8. The van der Waals surface area contributed by atoms with Gasteiger partial charge in [-0.05, 0) is 44.4 Å². The van der Waals surface area contributed by atoms with Crippen molar-refractivity contribution in [3.05, 3.63) is 47.3 Å². The zero-order chi connectivity index (χ0) is 16.9. The highest BCUT2D eigenvalue weighted by Crippen LogP contribution is 2.14. The Kier molecular flexibility index (Phi) is 5.96. The van der Waals surface area contributed by atoms with E-state index in [1.807, 2.05) is 30.7 Å². The number of unbranched alkanes of at least 4 members (excludes halogenated alkanes) is 1. The Balaban J connectivity index is 2.04. The summed E-state index contributed by atoms with van der Waals surface area (Å²) >= 11 is 0. The third kappa shape index (κ3) is 4.42. The summed E-state index contributed by atoms with van der Waals surface area (Å²) in [5, 5.41) is 4.23. The van der Waals surface area contributed by atoms with Crippen molar-refractivity contribution in [2.45, 2.75) is 58.0 Å². The molecule has 0 bridgehead atoms. The molecule has 1 aromatic carbocycles. The number of sulfonamides is 1. The molecule has 0 amide bonds. The topological polar surface area (TPSA) is 64.0 Å². The summed E-state index contributed by atoms with van der Waals surface area (Å²) in [6.07, 6.45) is 4.95. The molecule has 1 N–H and O–H groups in total. The van der Waals surface area contributed by atoms with Gasteiger partial charge in [0.05, 0.1) is 11.1 Å². The Hall–Kier alpha value is -1.66. The fourth-order valence-corrected chi connectivity index (χ4v) is 3.46. The Morgan fingerprint density at radius 1 is 1.17 bits per heavy atom. The van der Waals surface area contributed by atoms with Crippen LogP contribution in [-0.2, 0) is 29.5 Å². The second-order valence-electron chi connectivity index (χ2n) is 5.64. The van der Waals surface area contributed by atoms with Crippen LogP contribution in [0.1, 0.15) is 43.5 Å². The van der Waals surface area contributed by atoms with Crippen molar-refractivity contribution in [2.75, 3.05) is 0 Å². The number of hydrogen-bond donors (Lipinski definition) is 1.